The van der Waals surface area contributed by atoms with Gasteiger partial charge in [-0.15, -0.1) is 11.6 Å². The van der Waals surface area contributed by atoms with E-state index < -0.39 is 0 Å². The molecule has 0 amide bonds. The number of halogens is 1. The van der Waals surface area contributed by atoms with Crippen LogP contribution in [-0.2, 0) is 21.7 Å². The molecular weight excluding hydrogens is 199 g/mol. The molecule has 0 aromatic carbocycles. The number of hydrogen-bond donors (Lipinski definition) is 2. The third-order valence-corrected chi connectivity index (χ3v) is 0.809. The number of alkyl halides is 1. The minimum Gasteiger partial charge on any atom is -0.400 e. The van der Waals surface area contributed by atoms with E-state index in [0.717, 1.165) is 20.0 Å². The fraction of sp³-hybridized carbons (Fsp3) is 0.714. The molecule has 0 rings (SSSR count). The average Bonchev–Trinajstić information content (AvgIpc) is 1.88. The van der Waals surface area contributed by atoms with Crippen molar-refractivity contribution in [1.29, 1.82) is 0 Å². The van der Waals surface area contributed by atoms with E-state index in [-0.39, 0.29) is 43.2 Å². The molecule has 0 bridgehead atoms. The molecule has 0 unspecified atom stereocenters. The summed E-state index contributed by atoms with van der Waals surface area (Å²) < 4.78 is 0. The minimum atomic E-state index is 0. The Labute approximate surface area is 90.8 Å². The van der Waals surface area contributed by atoms with E-state index in [2.05, 4.69) is 0 Å². The molecule has 0 aromatic heterocycles. The predicted octanol–water partition coefficient (Wildman–Crippen LogP) is 1.50. The van der Waals surface area contributed by atoms with E-state index in [1.165, 1.54) is 0 Å². The van der Waals surface area contributed by atoms with Gasteiger partial charge in [-0.3, -0.25) is 0 Å². The number of aliphatic hydroxyl groups is 2. The molecular formula is C7H19ClO2Ti. The third kappa shape index (κ3) is 56.5. The Bertz CT molecular complexity index is 28.4. The maximum atomic E-state index is 8.14. The van der Waals surface area contributed by atoms with Crippen LogP contribution in [0.25, 0.3) is 0 Å². The van der Waals surface area contributed by atoms with Crippen molar-refractivity contribution >= 4 is 11.6 Å². The van der Waals surface area contributed by atoms with Gasteiger partial charge >= 0.3 is 21.7 Å². The maximum Gasteiger partial charge on any atom is 2.00 e. The Hall–Kier alpha value is 0.924. The van der Waals surface area contributed by atoms with Crippen LogP contribution in [0.5, 0.6) is 0 Å². The van der Waals surface area contributed by atoms with E-state index in [9.17, 15) is 0 Å². The van der Waals surface area contributed by atoms with Crippen molar-refractivity contribution in [2.45, 2.75) is 12.8 Å². The van der Waals surface area contributed by atoms with Crippen molar-refractivity contribution < 1.29 is 31.9 Å². The largest absolute Gasteiger partial charge is 2.00 e. The van der Waals surface area contributed by atoms with Crippen LogP contribution in [0, 0.1) is 14.9 Å². The van der Waals surface area contributed by atoms with Gasteiger partial charge in [-0.05, 0) is 12.8 Å². The van der Waals surface area contributed by atoms with Crippen molar-refractivity contribution in [3.8, 4) is 0 Å². The van der Waals surface area contributed by atoms with Gasteiger partial charge in [0.2, 0.25) is 0 Å². The van der Waals surface area contributed by atoms with Crippen LogP contribution < -0.4 is 0 Å². The summed E-state index contributed by atoms with van der Waals surface area (Å²) in [5, 5.41) is 15.1. The van der Waals surface area contributed by atoms with Crippen LogP contribution in [0.4, 0.5) is 0 Å². The smallest absolute Gasteiger partial charge is 0.400 e. The molecule has 0 aromatic rings. The van der Waals surface area contributed by atoms with Crippen LogP contribution in [0.1, 0.15) is 12.8 Å². The molecule has 11 heavy (non-hydrogen) atoms. The van der Waals surface area contributed by atoms with Gasteiger partial charge in [0.15, 0.2) is 0 Å². The molecule has 0 aliphatic rings. The Morgan fingerprint density at radius 1 is 1.09 bits per heavy atom. The molecule has 0 saturated heterocycles. The van der Waals surface area contributed by atoms with Crippen molar-refractivity contribution in [2.75, 3.05) is 19.6 Å². The summed E-state index contributed by atoms with van der Waals surface area (Å²) in [7, 11) is 1.00. The maximum absolute atomic E-state index is 8.14. The number of aliphatic hydroxyl groups excluding tert-OH is 2. The monoisotopic (exact) mass is 218 g/mol. The Kier molecular flexibility index (Phi) is 120. The number of rotatable bonds is 3. The summed E-state index contributed by atoms with van der Waals surface area (Å²) >= 11 is 5.27. The molecule has 0 spiro atoms. The molecule has 4 heteroatoms. The van der Waals surface area contributed by atoms with E-state index in [0.29, 0.717) is 5.88 Å². The van der Waals surface area contributed by atoms with Gasteiger partial charge in [0.05, 0.1) is 0 Å². The Morgan fingerprint density at radius 2 is 1.45 bits per heavy atom. The van der Waals surface area contributed by atoms with Gasteiger partial charge < -0.3 is 25.1 Å². The van der Waals surface area contributed by atoms with Gasteiger partial charge in [-0.1, -0.05) is 0 Å². The summed E-state index contributed by atoms with van der Waals surface area (Å²) in [4.78, 5) is 0. The molecule has 0 radical (unpaired) electrons. The first-order valence-corrected chi connectivity index (χ1v) is 3.07. The van der Waals surface area contributed by atoms with Crippen molar-refractivity contribution in [3.63, 3.8) is 0 Å². The molecule has 0 aliphatic carbocycles. The van der Waals surface area contributed by atoms with Crippen LogP contribution in [0.3, 0.4) is 0 Å². The second-order valence-electron chi connectivity index (χ2n) is 1.12. The Morgan fingerprint density at radius 3 is 1.55 bits per heavy atom. The van der Waals surface area contributed by atoms with Crippen molar-refractivity contribution in [3.05, 3.63) is 14.9 Å². The normalized spacial score (nSPS) is 5.45. The summed E-state index contributed by atoms with van der Waals surface area (Å²) in [6.45, 7) is 0.271. The number of hydrogen-bond acceptors (Lipinski definition) is 2. The molecule has 0 atom stereocenters. The topological polar surface area (TPSA) is 40.5 Å². The third-order valence-electron chi connectivity index (χ3n) is 0.542. The number of unbranched alkanes of at least 4 members (excludes halogenated alkanes) is 1. The second kappa shape index (κ2) is 44.4. The first-order chi connectivity index (χ1) is 3.91. The summed E-state index contributed by atoms with van der Waals surface area (Å²) in [6.07, 6.45) is 1.77. The van der Waals surface area contributed by atoms with Gasteiger partial charge in [-0.25, -0.2) is 0 Å². The quantitative estimate of drug-likeness (QED) is 0.326. The van der Waals surface area contributed by atoms with E-state index >= 15 is 0 Å². The van der Waals surface area contributed by atoms with Crippen molar-refractivity contribution in [1.82, 2.24) is 0 Å². The van der Waals surface area contributed by atoms with Crippen LogP contribution in [0.2, 0.25) is 0 Å². The zero-order valence-corrected chi connectivity index (χ0v) is 9.92. The van der Waals surface area contributed by atoms with Crippen LogP contribution in [0.15, 0.2) is 0 Å². The van der Waals surface area contributed by atoms with Gasteiger partial charge in [0.1, 0.15) is 0 Å². The zero-order valence-electron chi connectivity index (χ0n) is 7.60. The molecule has 2 nitrogen and oxygen atoms in total. The van der Waals surface area contributed by atoms with E-state index in [1.54, 1.807) is 0 Å². The molecule has 70 valence electrons. The molecule has 0 saturated carbocycles. The first-order valence-electron chi connectivity index (χ1n) is 2.53. The van der Waals surface area contributed by atoms with Gasteiger partial charge in [0.25, 0.3) is 0 Å². The van der Waals surface area contributed by atoms with Crippen LogP contribution >= 0.6 is 11.6 Å². The first kappa shape index (κ1) is 29.7. The molecule has 0 heterocycles. The van der Waals surface area contributed by atoms with Gasteiger partial charge in [-0.2, -0.15) is 0 Å². The van der Waals surface area contributed by atoms with Crippen LogP contribution in [-0.4, -0.2) is 29.8 Å². The fourth-order valence-corrected chi connectivity index (χ4v) is 0.395. The summed E-state index contributed by atoms with van der Waals surface area (Å²) in [6, 6.07) is 0. The second-order valence-corrected chi connectivity index (χ2v) is 1.50. The minimum absolute atomic E-state index is 0. The van der Waals surface area contributed by atoms with Crippen molar-refractivity contribution in [2.24, 2.45) is 0 Å². The predicted molar refractivity (Wildman–Crippen MR) is 48.0 cm³/mol. The SMILES string of the molecule is CO.OCCCCCl.[CH3-].[CH3-].[Ti+2]. The standard InChI is InChI=1S/C4H9ClO.CH4O.2CH3.Ti/c5-3-1-2-4-6;1-2;;;/h6H,1-4H2;2H,1H3;2*1H3;/q;;2*-1;+2. The van der Waals surface area contributed by atoms with Gasteiger partial charge in [0, 0.05) is 19.6 Å². The summed E-state index contributed by atoms with van der Waals surface area (Å²) in [5.41, 5.74) is 0. The van der Waals surface area contributed by atoms with E-state index in [1.807, 2.05) is 0 Å². The Balaban J connectivity index is -0.0000000222. The zero-order chi connectivity index (χ0) is 6.83. The molecule has 0 aliphatic heterocycles. The van der Waals surface area contributed by atoms with E-state index in [4.69, 9.17) is 21.8 Å². The summed E-state index contributed by atoms with van der Waals surface area (Å²) in [5.74, 6) is 0.667. The molecule has 2 N–H and O–H groups in total. The molecule has 0 fully saturated rings. The fourth-order valence-electron chi connectivity index (χ4n) is 0.206. The average molecular weight is 219 g/mol.